The molecule has 3 heteroatoms. The molecule has 0 spiro atoms. The summed E-state index contributed by atoms with van der Waals surface area (Å²) in [5, 5.41) is 6.69. The molecular weight excluding hydrogens is 188 g/mol. The smallest absolute Gasteiger partial charge is 0.142 e. The van der Waals surface area contributed by atoms with E-state index in [-0.39, 0.29) is 0 Å². The Balaban J connectivity index is 2.08. The third-order valence-electron chi connectivity index (χ3n) is 2.77. The van der Waals surface area contributed by atoms with Gasteiger partial charge in [0.2, 0.25) is 0 Å². The summed E-state index contributed by atoms with van der Waals surface area (Å²) in [5.41, 5.74) is 2.41. The van der Waals surface area contributed by atoms with Crippen molar-refractivity contribution in [2.45, 2.75) is 19.4 Å². The summed E-state index contributed by atoms with van der Waals surface area (Å²) in [6.45, 7) is 3.88. The van der Waals surface area contributed by atoms with E-state index in [1.807, 2.05) is 19.2 Å². The molecule has 0 fully saturated rings. The Morgan fingerprint density at radius 2 is 2.40 bits per heavy atom. The van der Waals surface area contributed by atoms with E-state index in [9.17, 15) is 0 Å². The fourth-order valence-electron chi connectivity index (χ4n) is 1.86. The molecule has 0 amide bonds. The lowest BCUT2D eigenvalue weighted by Crippen LogP contribution is -2.34. The van der Waals surface area contributed by atoms with Crippen LogP contribution in [0.2, 0.25) is 0 Å². The second-order valence-electron chi connectivity index (χ2n) is 3.99. The maximum Gasteiger partial charge on any atom is 0.142 e. The number of nitrogens with one attached hydrogen (secondary N) is 2. The largest absolute Gasteiger partial charge is 0.489 e. The Morgan fingerprint density at radius 3 is 3.20 bits per heavy atom. The molecule has 1 aromatic carbocycles. The summed E-state index contributed by atoms with van der Waals surface area (Å²) in [6, 6.07) is 6.58. The molecule has 0 saturated carbocycles. The van der Waals surface area contributed by atoms with Crippen molar-refractivity contribution < 1.29 is 4.74 Å². The molecule has 3 nitrogen and oxygen atoms in total. The van der Waals surface area contributed by atoms with Crippen LogP contribution < -0.4 is 15.4 Å². The Bertz CT molecular complexity index is 338. The van der Waals surface area contributed by atoms with Gasteiger partial charge in [-0.05, 0) is 38.6 Å². The maximum atomic E-state index is 5.72. The van der Waals surface area contributed by atoms with Crippen LogP contribution in [0.3, 0.4) is 0 Å². The molecule has 0 aromatic heterocycles. The van der Waals surface area contributed by atoms with Crippen LogP contribution in [0.4, 0.5) is 5.69 Å². The van der Waals surface area contributed by atoms with E-state index in [2.05, 4.69) is 23.6 Å². The molecule has 0 radical (unpaired) electrons. The van der Waals surface area contributed by atoms with Crippen molar-refractivity contribution in [2.75, 3.05) is 25.5 Å². The fourth-order valence-corrected chi connectivity index (χ4v) is 1.86. The van der Waals surface area contributed by atoms with Crippen molar-refractivity contribution >= 4 is 5.69 Å². The topological polar surface area (TPSA) is 33.3 Å². The van der Waals surface area contributed by atoms with Gasteiger partial charge in [-0.2, -0.15) is 0 Å². The van der Waals surface area contributed by atoms with Crippen molar-refractivity contribution in [3.63, 3.8) is 0 Å². The molecule has 82 valence electrons. The number of para-hydroxylation sites is 1. The lowest BCUT2D eigenvalue weighted by molar-refractivity contribution is 0.278. The number of hydrogen-bond acceptors (Lipinski definition) is 3. The highest BCUT2D eigenvalue weighted by atomic mass is 16.5. The summed E-state index contributed by atoms with van der Waals surface area (Å²) < 4.78 is 5.72. The van der Waals surface area contributed by atoms with Gasteiger partial charge in [0.05, 0.1) is 11.7 Å². The maximum absolute atomic E-state index is 5.72. The van der Waals surface area contributed by atoms with Crippen molar-refractivity contribution in [1.29, 1.82) is 0 Å². The van der Waals surface area contributed by atoms with Gasteiger partial charge in [0.25, 0.3) is 0 Å². The molecule has 1 unspecified atom stereocenters. The van der Waals surface area contributed by atoms with Gasteiger partial charge in [-0.15, -0.1) is 0 Å². The number of benzene rings is 1. The van der Waals surface area contributed by atoms with Gasteiger partial charge in [0.15, 0.2) is 0 Å². The predicted molar refractivity (Wildman–Crippen MR) is 62.6 cm³/mol. The minimum atomic E-state index is 0.422. The van der Waals surface area contributed by atoms with Crippen molar-refractivity contribution in [1.82, 2.24) is 5.32 Å². The SMILES string of the molecule is CNCCC1COc2cccc(C)c2N1. The zero-order valence-corrected chi connectivity index (χ0v) is 9.34. The Kier molecular flexibility index (Phi) is 3.11. The van der Waals surface area contributed by atoms with E-state index < -0.39 is 0 Å². The average molecular weight is 206 g/mol. The second-order valence-corrected chi connectivity index (χ2v) is 3.99. The lowest BCUT2D eigenvalue weighted by Gasteiger charge is -2.28. The van der Waals surface area contributed by atoms with E-state index in [0.29, 0.717) is 6.04 Å². The first-order valence-corrected chi connectivity index (χ1v) is 5.45. The quantitative estimate of drug-likeness (QED) is 0.791. The molecule has 0 bridgehead atoms. The van der Waals surface area contributed by atoms with Gasteiger partial charge in [0, 0.05) is 0 Å². The number of rotatable bonds is 3. The van der Waals surface area contributed by atoms with Crippen LogP contribution in [0.25, 0.3) is 0 Å². The van der Waals surface area contributed by atoms with Crippen LogP contribution in [0.5, 0.6) is 5.75 Å². The minimum Gasteiger partial charge on any atom is -0.489 e. The monoisotopic (exact) mass is 206 g/mol. The minimum absolute atomic E-state index is 0.422. The Morgan fingerprint density at radius 1 is 1.53 bits per heavy atom. The van der Waals surface area contributed by atoms with Gasteiger partial charge >= 0.3 is 0 Å². The molecule has 1 aliphatic rings. The Labute approximate surface area is 90.8 Å². The predicted octanol–water partition coefficient (Wildman–Crippen LogP) is 1.78. The van der Waals surface area contributed by atoms with E-state index in [4.69, 9.17) is 4.74 Å². The third kappa shape index (κ3) is 2.23. The van der Waals surface area contributed by atoms with Crippen LogP contribution in [-0.4, -0.2) is 26.2 Å². The van der Waals surface area contributed by atoms with E-state index in [0.717, 1.165) is 31.0 Å². The van der Waals surface area contributed by atoms with E-state index in [1.165, 1.54) is 5.56 Å². The first-order valence-electron chi connectivity index (χ1n) is 5.45. The third-order valence-corrected chi connectivity index (χ3v) is 2.77. The van der Waals surface area contributed by atoms with Gasteiger partial charge < -0.3 is 15.4 Å². The molecule has 0 aliphatic carbocycles. The normalized spacial score (nSPS) is 18.9. The molecule has 1 atom stereocenters. The summed E-state index contributed by atoms with van der Waals surface area (Å²) in [6.07, 6.45) is 1.09. The Hall–Kier alpha value is -1.22. The van der Waals surface area contributed by atoms with E-state index in [1.54, 1.807) is 0 Å². The van der Waals surface area contributed by atoms with Crippen LogP contribution in [0.1, 0.15) is 12.0 Å². The number of anilines is 1. The number of ether oxygens (including phenoxy) is 1. The average Bonchev–Trinajstić information content (AvgIpc) is 2.27. The van der Waals surface area contributed by atoms with Crippen LogP contribution in [0, 0.1) is 6.92 Å². The zero-order chi connectivity index (χ0) is 10.7. The van der Waals surface area contributed by atoms with Crippen molar-refractivity contribution in [3.8, 4) is 5.75 Å². The van der Waals surface area contributed by atoms with Crippen molar-refractivity contribution in [3.05, 3.63) is 23.8 Å². The van der Waals surface area contributed by atoms with Gasteiger partial charge in [-0.25, -0.2) is 0 Å². The number of aryl methyl sites for hydroxylation is 1. The zero-order valence-electron chi connectivity index (χ0n) is 9.34. The standard InChI is InChI=1S/C12H18N2O/c1-9-4-3-5-11-12(9)14-10(8-15-11)6-7-13-2/h3-5,10,13-14H,6-8H2,1-2H3. The first kappa shape index (κ1) is 10.3. The van der Waals surface area contributed by atoms with Gasteiger partial charge in [0.1, 0.15) is 12.4 Å². The summed E-state index contributed by atoms with van der Waals surface area (Å²) >= 11 is 0. The molecule has 1 aromatic rings. The van der Waals surface area contributed by atoms with Crippen LogP contribution >= 0.6 is 0 Å². The van der Waals surface area contributed by atoms with Crippen LogP contribution in [0.15, 0.2) is 18.2 Å². The van der Waals surface area contributed by atoms with Gasteiger partial charge in [-0.3, -0.25) is 0 Å². The highest BCUT2D eigenvalue weighted by Gasteiger charge is 2.19. The molecule has 2 rings (SSSR count). The van der Waals surface area contributed by atoms with Gasteiger partial charge in [-0.1, -0.05) is 12.1 Å². The molecule has 15 heavy (non-hydrogen) atoms. The molecule has 2 N–H and O–H groups in total. The molecule has 1 aliphatic heterocycles. The van der Waals surface area contributed by atoms with Crippen LogP contribution in [-0.2, 0) is 0 Å². The molecular formula is C12H18N2O. The fraction of sp³-hybridized carbons (Fsp3) is 0.500. The number of fused-ring (bicyclic) bond motifs is 1. The highest BCUT2D eigenvalue weighted by Crippen LogP contribution is 2.32. The first-order chi connectivity index (χ1) is 7.31. The second kappa shape index (κ2) is 4.53. The number of hydrogen-bond donors (Lipinski definition) is 2. The lowest BCUT2D eigenvalue weighted by atomic mass is 10.1. The summed E-state index contributed by atoms with van der Waals surface area (Å²) in [7, 11) is 1.98. The molecule has 0 saturated heterocycles. The molecule has 1 heterocycles. The summed E-state index contributed by atoms with van der Waals surface area (Å²) in [5.74, 6) is 0.982. The van der Waals surface area contributed by atoms with E-state index >= 15 is 0 Å². The highest BCUT2D eigenvalue weighted by molar-refractivity contribution is 5.63. The van der Waals surface area contributed by atoms with Crippen molar-refractivity contribution in [2.24, 2.45) is 0 Å². The summed E-state index contributed by atoms with van der Waals surface area (Å²) in [4.78, 5) is 0.